The van der Waals surface area contributed by atoms with Gasteiger partial charge in [-0.1, -0.05) is 0 Å². The van der Waals surface area contributed by atoms with Crippen LogP contribution in [0.2, 0.25) is 0 Å². The molecule has 0 rings (SSSR count). The predicted octanol–water partition coefficient (Wildman–Crippen LogP) is 1.17. The fourth-order valence-corrected chi connectivity index (χ4v) is 0. The summed E-state index contributed by atoms with van der Waals surface area (Å²) in [6.45, 7) is 26.6. The zero-order valence-electron chi connectivity index (χ0n) is 21.1. The standard InChI is InChI=1S/16CH2O.6ClH.2Co.Os/c16*1-2;;;;;;;;;/h16*1H2;6*1H;;;/q;;;;;;;;;;;;;;;;;;;;;;;;+6/p-6. The van der Waals surface area contributed by atoms with Crippen molar-refractivity contribution in [2.75, 3.05) is 0 Å². The molecular weight excluding hydrogens is 969 g/mol. The van der Waals surface area contributed by atoms with E-state index in [0.717, 1.165) is 0 Å². The van der Waals surface area contributed by atoms with E-state index in [9.17, 15) is 0 Å². The first kappa shape index (κ1) is 140. The number of hydrogen-bond donors (Lipinski definition) is 0. The summed E-state index contributed by atoms with van der Waals surface area (Å²) in [5.74, 6) is 0. The third-order valence-electron chi connectivity index (χ3n) is 0. The Bertz CT molecular complexity index is 259. The van der Waals surface area contributed by atoms with Crippen molar-refractivity contribution < 1.29 is 117 Å². The summed E-state index contributed by atoms with van der Waals surface area (Å²) in [6.07, 6.45) is 0. The van der Waals surface area contributed by atoms with E-state index in [1.807, 2.05) is 109 Å². The summed E-state index contributed by atoms with van der Waals surface area (Å²) in [6, 6.07) is 0. The number of carbonyl (C=O) groups is 16. The number of hydrogen-bond acceptors (Lipinski definition) is 16. The molecular formula is C16H32Cl6Co2O16Os. The topological polar surface area (TPSA) is 273 Å². The monoisotopic (exact) mass is 1000 g/mol. The normalized spacial score (nSPS) is 5.51. The van der Waals surface area contributed by atoms with Crippen LogP contribution < -0.4 is 0 Å². The largest absolute Gasteiger partial charge is 0 e. The van der Waals surface area contributed by atoms with Crippen LogP contribution in [0.5, 0.6) is 0 Å². The van der Waals surface area contributed by atoms with Gasteiger partial charge in [0.15, 0.2) is 0 Å². The second-order valence-electron chi connectivity index (χ2n) is 0.758. The molecule has 0 spiro atoms. The van der Waals surface area contributed by atoms with Crippen LogP contribution in [-0.4, -0.2) is 109 Å². The molecule has 0 aromatic carbocycles. The van der Waals surface area contributed by atoms with Crippen molar-refractivity contribution in [1.29, 1.82) is 0 Å². The SMILES string of the molecule is C=O.C=O.C=O.C=O.C=O.C=O.C=O.C=O.C=O.C=O.C=O.C=O.C=O.C=O.C=O.C=O.[Cl][Os]([Cl])([Cl])([Cl])([Cl])[Cl].[Co].[Co]. The number of halogens is 6. The molecule has 16 nitrogen and oxygen atoms in total. The van der Waals surface area contributed by atoms with Crippen molar-refractivity contribution in [2.45, 2.75) is 0 Å². The Morgan fingerprint density at radius 2 is 0.195 bits per heavy atom. The molecule has 0 amide bonds. The molecule has 0 unspecified atom stereocenters. The molecule has 0 N–H and O–H groups in total. The van der Waals surface area contributed by atoms with E-state index in [-0.39, 0.29) is 33.6 Å². The first-order chi connectivity index (χ1) is 18.4. The molecule has 0 aliphatic carbocycles. The van der Waals surface area contributed by atoms with E-state index in [1.54, 1.807) is 0 Å². The minimum absolute atomic E-state index is 0. The van der Waals surface area contributed by atoms with Crippen molar-refractivity contribution in [1.82, 2.24) is 0 Å². The van der Waals surface area contributed by atoms with E-state index in [1.165, 1.54) is 0 Å². The maximum atomic E-state index is 8.00. The predicted molar refractivity (Wildman–Crippen MR) is 149 cm³/mol. The third-order valence-corrected chi connectivity index (χ3v) is 0. The molecule has 260 valence electrons. The number of carbonyl (C=O) groups excluding carboxylic acids is 16. The van der Waals surface area contributed by atoms with E-state index in [4.69, 9.17) is 135 Å². The fourth-order valence-electron chi connectivity index (χ4n) is 0. The number of rotatable bonds is 0. The van der Waals surface area contributed by atoms with Gasteiger partial charge in [0, 0.05) is 33.6 Å². The van der Waals surface area contributed by atoms with Crippen LogP contribution in [0.3, 0.4) is 0 Å². The van der Waals surface area contributed by atoms with E-state index < -0.39 is 6.64 Å². The molecule has 25 heteroatoms. The summed E-state index contributed by atoms with van der Waals surface area (Å²) in [7, 11) is 30.4. The van der Waals surface area contributed by atoms with Gasteiger partial charge in [-0.2, -0.15) is 0 Å². The molecule has 0 aromatic rings. The van der Waals surface area contributed by atoms with Gasteiger partial charge < -0.3 is 76.7 Å². The smallest absolute Gasteiger partial charge is 0 e. The van der Waals surface area contributed by atoms with Crippen molar-refractivity contribution in [3.63, 3.8) is 0 Å². The molecule has 0 bridgehead atoms. The average molecular weight is 1000 g/mol. The Labute approximate surface area is 281 Å². The second-order valence-corrected chi connectivity index (χ2v) is 55.8. The zero-order valence-corrected chi connectivity index (χ0v) is 30.3. The summed E-state index contributed by atoms with van der Waals surface area (Å²) in [5, 5.41) is 0. The van der Waals surface area contributed by atoms with Crippen LogP contribution >= 0.6 is 57.8 Å². The van der Waals surface area contributed by atoms with Gasteiger partial charge in [-0.15, -0.1) is 0 Å². The Kier molecular flexibility index (Phi) is 1050. The molecule has 2 radical (unpaired) electrons. The molecule has 0 fully saturated rings. The van der Waals surface area contributed by atoms with Crippen molar-refractivity contribution in [3.8, 4) is 0 Å². The molecule has 0 saturated carbocycles. The molecule has 41 heavy (non-hydrogen) atoms. The zero-order chi connectivity index (χ0) is 38.4. The Morgan fingerprint density at radius 1 is 0.195 bits per heavy atom. The van der Waals surface area contributed by atoms with Crippen LogP contribution in [0.1, 0.15) is 0 Å². The van der Waals surface area contributed by atoms with Crippen LogP contribution in [0, 0.1) is 0 Å². The van der Waals surface area contributed by atoms with Gasteiger partial charge in [-0.3, -0.25) is 0 Å². The quantitative estimate of drug-likeness (QED) is 0.330. The molecule has 0 aliphatic rings. The Hall–Kier alpha value is -1.89. The molecule has 0 saturated heterocycles. The molecule has 0 aliphatic heterocycles. The molecule has 0 atom stereocenters. The minimum atomic E-state index is -5.38. The van der Waals surface area contributed by atoms with Gasteiger partial charge in [0.2, 0.25) is 0 Å². The molecule has 0 aromatic heterocycles. The van der Waals surface area contributed by atoms with Crippen molar-refractivity contribution in [3.05, 3.63) is 0 Å². The average Bonchev–Trinajstić information content (AvgIpc) is 3.07. The second kappa shape index (κ2) is 305. The van der Waals surface area contributed by atoms with Crippen LogP contribution in [0.15, 0.2) is 0 Å². The van der Waals surface area contributed by atoms with Crippen LogP contribution in [0.25, 0.3) is 0 Å². The van der Waals surface area contributed by atoms with Gasteiger partial charge >= 0.3 is 64.5 Å². The van der Waals surface area contributed by atoms with Gasteiger partial charge in [0.1, 0.15) is 109 Å². The van der Waals surface area contributed by atoms with Crippen LogP contribution in [-0.2, 0) is 117 Å². The third kappa shape index (κ3) is 13900. The summed E-state index contributed by atoms with van der Waals surface area (Å²) in [4.78, 5) is 128. The maximum Gasteiger partial charge on any atom is 0 e. The van der Waals surface area contributed by atoms with Crippen molar-refractivity contribution in [2.24, 2.45) is 0 Å². The van der Waals surface area contributed by atoms with E-state index >= 15 is 0 Å². The van der Waals surface area contributed by atoms with Crippen LogP contribution in [0.4, 0.5) is 0 Å². The molecule has 0 heterocycles. The minimum Gasteiger partial charge on any atom is 0 e. The Morgan fingerprint density at radius 3 is 0.195 bits per heavy atom. The van der Waals surface area contributed by atoms with Crippen molar-refractivity contribution >= 4 is 166 Å². The Balaban J connectivity index is -0.00000000759. The first-order valence-corrected chi connectivity index (χ1v) is 24.3. The van der Waals surface area contributed by atoms with Gasteiger partial charge in [0.05, 0.1) is 0 Å². The van der Waals surface area contributed by atoms with E-state index in [2.05, 4.69) is 0 Å². The van der Waals surface area contributed by atoms with Gasteiger partial charge in [0.25, 0.3) is 0 Å². The summed E-state index contributed by atoms with van der Waals surface area (Å²) in [5.41, 5.74) is 0. The van der Waals surface area contributed by atoms with E-state index in [0.29, 0.717) is 0 Å². The summed E-state index contributed by atoms with van der Waals surface area (Å²) < 4.78 is 0. The maximum absolute atomic E-state index is 8.00. The fraction of sp³-hybridized carbons (Fsp3) is 0. The van der Waals surface area contributed by atoms with Gasteiger partial charge in [-0.05, 0) is 0 Å². The summed E-state index contributed by atoms with van der Waals surface area (Å²) >= 11 is 0. The first-order valence-electron chi connectivity index (χ1n) is 5.42. The van der Waals surface area contributed by atoms with Gasteiger partial charge in [-0.25, -0.2) is 0 Å².